The summed E-state index contributed by atoms with van der Waals surface area (Å²) in [5.74, 6) is -0.196. The Morgan fingerprint density at radius 2 is 1.82 bits per heavy atom. The predicted octanol–water partition coefficient (Wildman–Crippen LogP) is 4.15. The molecule has 1 heterocycles. The van der Waals surface area contributed by atoms with E-state index in [1.54, 1.807) is 6.92 Å². The summed E-state index contributed by atoms with van der Waals surface area (Å²) in [6, 6.07) is 17.1. The molecule has 3 aromatic rings. The van der Waals surface area contributed by atoms with Gasteiger partial charge in [0.15, 0.2) is 0 Å². The summed E-state index contributed by atoms with van der Waals surface area (Å²) in [4.78, 5) is 17.1. The third kappa shape index (κ3) is 3.72. The fraction of sp³-hybridized carbons (Fsp3) is 0.174. The number of aromatic hydroxyl groups is 1. The first-order valence-corrected chi connectivity index (χ1v) is 8.94. The van der Waals surface area contributed by atoms with Gasteiger partial charge in [0.1, 0.15) is 11.6 Å². The van der Waals surface area contributed by atoms with Gasteiger partial charge < -0.3 is 5.11 Å². The van der Waals surface area contributed by atoms with Gasteiger partial charge in [0.25, 0.3) is 5.56 Å². The molecular weight excluding hydrogens is 350 g/mol. The second-order valence-electron chi connectivity index (χ2n) is 6.75. The Morgan fingerprint density at radius 1 is 1.11 bits per heavy atom. The highest BCUT2D eigenvalue weighted by atomic mass is 16.3. The summed E-state index contributed by atoms with van der Waals surface area (Å²) >= 11 is 0. The molecule has 0 radical (unpaired) electrons. The van der Waals surface area contributed by atoms with Gasteiger partial charge in [-0.1, -0.05) is 36.4 Å². The fourth-order valence-corrected chi connectivity index (χ4v) is 2.98. The molecule has 0 atom stereocenters. The summed E-state index contributed by atoms with van der Waals surface area (Å²) in [6.45, 7) is 5.85. The molecule has 0 saturated carbocycles. The van der Waals surface area contributed by atoms with Gasteiger partial charge in [-0.15, -0.1) is 0 Å². The number of aryl methyl sites for hydroxylation is 2. The minimum Gasteiger partial charge on any atom is -0.494 e. The largest absolute Gasteiger partial charge is 0.494 e. The molecule has 0 aliphatic heterocycles. The summed E-state index contributed by atoms with van der Waals surface area (Å²) in [5.41, 5.74) is 4.15. The lowest BCUT2D eigenvalue weighted by molar-refractivity contribution is 0.413. The van der Waals surface area contributed by atoms with E-state index >= 15 is 0 Å². The Bertz CT molecular complexity index is 1150. The van der Waals surface area contributed by atoms with Crippen LogP contribution in [0.1, 0.15) is 33.4 Å². The average molecular weight is 371 g/mol. The highest BCUT2D eigenvalue weighted by Gasteiger charge is 2.18. The standard InChI is InChI=1S/C23H21N3O2/c1-15-9-10-19(11-16(15)2)25-13-21-17(3)20(12-24)22(27)26(23(21)28)14-18-7-5-4-6-8-18/h4-11,13,28H,14H2,1-3H3. The van der Waals surface area contributed by atoms with Gasteiger partial charge in [-0.05, 0) is 55.2 Å². The molecule has 5 heteroatoms. The van der Waals surface area contributed by atoms with Crippen LogP contribution >= 0.6 is 0 Å². The van der Waals surface area contributed by atoms with Crippen LogP contribution in [-0.2, 0) is 6.54 Å². The number of nitrogens with zero attached hydrogens (tertiary/aromatic N) is 3. The molecule has 140 valence electrons. The van der Waals surface area contributed by atoms with Gasteiger partial charge >= 0.3 is 0 Å². The van der Waals surface area contributed by atoms with Crippen LogP contribution in [0.25, 0.3) is 0 Å². The number of aromatic nitrogens is 1. The van der Waals surface area contributed by atoms with E-state index in [-0.39, 0.29) is 18.0 Å². The number of hydrogen-bond acceptors (Lipinski definition) is 4. The van der Waals surface area contributed by atoms with Crippen molar-refractivity contribution in [3.05, 3.63) is 92.3 Å². The fourth-order valence-electron chi connectivity index (χ4n) is 2.98. The second-order valence-corrected chi connectivity index (χ2v) is 6.75. The molecule has 0 amide bonds. The first-order valence-electron chi connectivity index (χ1n) is 8.94. The number of hydrogen-bond donors (Lipinski definition) is 1. The summed E-state index contributed by atoms with van der Waals surface area (Å²) in [6.07, 6.45) is 1.51. The number of benzene rings is 2. The van der Waals surface area contributed by atoms with Crippen molar-refractivity contribution in [1.82, 2.24) is 4.57 Å². The van der Waals surface area contributed by atoms with Crippen LogP contribution in [0.4, 0.5) is 5.69 Å². The van der Waals surface area contributed by atoms with Crippen molar-refractivity contribution in [3.63, 3.8) is 0 Å². The molecule has 0 unspecified atom stereocenters. The van der Waals surface area contributed by atoms with E-state index < -0.39 is 5.56 Å². The predicted molar refractivity (Wildman–Crippen MR) is 111 cm³/mol. The smallest absolute Gasteiger partial charge is 0.271 e. The Morgan fingerprint density at radius 3 is 2.46 bits per heavy atom. The zero-order chi connectivity index (χ0) is 20.3. The van der Waals surface area contributed by atoms with Crippen LogP contribution < -0.4 is 5.56 Å². The van der Waals surface area contributed by atoms with E-state index in [0.717, 1.165) is 16.8 Å². The molecule has 0 fully saturated rings. The van der Waals surface area contributed by atoms with E-state index in [2.05, 4.69) is 4.99 Å². The molecular formula is C23H21N3O2. The van der Waals surface area contributed by atoms with Gasteiger partial charge in [-0.2, -0.15) is 5.26 Å². The van der Waals surface area contributed by atoms with Crippen molar-refractivity contribution in [1.29, 1.82) is 5.26 Å². The van der Waals surface area contributed by atoms with Crippen LogP contribution in [0.3, 0.4) is 0 Å². The lowest BCUT2D eigenvalue weighted by Crippen LogP contribution is -2.25. The highest BCUT2D eigenvalue weighted by molar-refractivity contribution is 5.87. The molecule has 0 aliphatic carbocycles. The molecule has 28 heavy (non-hydrogen) atoms. The van der Waals surface area contributed by atoms with Crippen LogP contribution in [-0.4, -0.2) is 15.9 Å². The Hall–Kier alpha value is -3.65. The molecule has 1 aromatic heterocycles. The SMILES string of the molecule is Cc1ccc(N=Cc2c(C)c(C#N)c(=O)n(Cc3ccccc3)c2O)cc1C. The molecule has 5 nitrogen and oxygen atoms in total. The van der Waals surface area contributed by atoms with Gasteiger partial charge in [0.2, 0.25) is 5.88 Å². The van der Waals surface area contributed by atoms with E-state index in [0.29, 0.717) is 11.1 Å². The number of nitriles is 1. The molecule has 3 rings (SSSR count). The molecule has 0 spiro atoms. The minimum atomic E-state index is -0.510. The maximum absolute atomic E-state index is 12.7. The molecule has 1 N–H and O–H groups in total. The van der Waals surface area contributed by atoms with Crippen molar-refractivity contribution in [2.75, 3.05) is 0 Å². The third-order valence-electron chi connectivity index (χ3n) is 4.86. The van der Waals surface area contributed by atoms with Crippen molar-refractivity contribution < 1.29 is 5.11 Å². The van der Waals surface area contributed by atoms with Crippen molar-refractivity contribution in [2.45, 2.75) is 27.3 Å². The molecule has 0 bridgehead atoms. The number of pyridine rings is 1. The third-order valence-corrected chi connectivity index (χ3v) is 4.86. The molecule has 0 saturated heterocycles. The zero-order valence-electron chi connectivity index (χ0n) is 16.1. The van der Waals surface area contributed by atoms with Crippen molar-refractivity contribution >= 4 is 11.9 Å². The quantitative estimate of drug-likeness (QED) is 0.700. The summed E-state index contributed by atoms with van der Waals surface area (Å²) < 4.78 is 1.21. The van der Waals surface area contributed by atoms with Gasteiger partial charge in [-0.25, -0.2) is 0 Å². The van der Waals surface area contributed by atoms with Crippen molar-refractivity contribution in [3.8, 4) is 11.9 Å². The van der Waals surface area contributed by atoms with Gasteiger partial charge in [0, 0.05) is 6.21 Å². The maximum Gasteiger partial charge on any atom is 0.271 e. The first kappa shape index (κ1) is 19.1. The normalized spacial score (nSPS) is 10.9. The first-order chi connectivity index (χ1) is 13.4. The Balaban J connectivity index is 2.11. The van der Waals surface area contributed by atoms with Crippen molar-refractivity contribution in [2.24, 2.45) is 4.99 Å². The monoisotopic (exact) mass is 371 g/mol. The Labute approximate surface area is 163 Å². The van der Waals surface area contributed by atoms with Crippen LogP contribution in [0.5, 0.6) is 5.88 Å². The average Bonchev–Trinajstić information content (AvgIpc) is 2.69. The van der Waals surface area contributed by atoms with Crippen LogP contribution in [0.2, 0.25) is 0 Å². The number of rotatable bonds is 4. The zero-order valence-corrected chi connectivity index (χ0v) is 16.1. The minimum absolute atomic E-state index is 0.00951. The summed E-state index contributed by atoms with van der Waals surface area (Å²) in [7, 11) is 0. The van der Waals surface area contributed by atoms with E-state index in [9.17, 15) is 15.2 Å². The maximum atomic E-state index is 12.7. The van der Waals surface area contributed by atoms with Gasteiger partial charge in [0.05, 0.1) is 17.8 Å². The van der Waals surface area contributed by atoms with Gasteiger partial charge in [-0.3, -0.25) is 14.4 Å². The van der Waals surface area contributed by atoms with E-state index in [1.165, 1.54) is 16.3 Å². The van der Waals surface area contributed by atoms with E-state index in [1.807, 2.05) is 68.4 Å². The lowest BCUT2D eigenvalue weighted by atomic mass is 10.1. The molecule has 2 aromatic carbocycles. The second kappa shape index (κ2) is 7.93. The lowest BCUT2D eigenvalue weighted by Gasteiger charge is -2.14. The molecule has 0 aliphatic rings. The van der Waals surface area contributed by atoms with E-state index in [4.69, 9.17) is 0 Å². The number of aliphatic imine (C=N–C) groups is 1. The summed E-state index contributed by atoms with van der Waals surface area (Å²) in [5, 5.41) is 20.2. The highest BCUT2D eigenvalue weighted by Crippen LogP contribution is 2.23. The van der Waals surface area contributed by atoms with Crippen LogP contribution in [0.15, 0.2) is 58.3 Å². The van der Waals surface area contributed by atoms with Crippen LogP contribution in [0, 0.1) is 32.1 Å². The Kier molecular flexibility index (Phi) is 5.42. The topological polar surface area (TPSA) is 78.4 Å².